The Labute approximate surface area is 493 Å². The lowest BCUT2D eigenvalue weighted by molar-refractivity contribution is -0.413. The fourth-order valence-electron chi connectivity index (χ4n) is 10.8. The van der Waals surface area contributed by atoms with Crippen LogP contribution in [-0.2, 0) is 71.2 Å². The lowest BCUT2D eigenvalue weighted by atomic mass is 9.94. The molecule has 0 aromatic carbocycles. The number of hydrogen-bond donors (Lipinski definition) is 24. The van der Waals surface area contributed by atoms with Gasteiger partial charge < -0.3 is 180 Å². The van der Waals surface area contributed by atoms with Gasteiger partial charge in [-0.3, -0.25) is 14.4 Å². The highest BCUT2D eigenvalue weighted by Crippen LogP contribution is 2.39. The van der Waals surface area contributed by atoms with Crippen LogP contribution in [0.4, 0.5) is 0 Å². The van der Waals surface area contributed by atoms with Crippen molar-refractivity contribution in [2.45, 2.75) is 229 Å². The van der Waals surface area contributed by atoms with Crippen molar-refractivity contribution in [1.82, 2.24) is 16.0 Å². The fourth-order valence-corrected chi connectivity index (χ4v) is 10.8. The third kappa shape index (κ3) is 16.7. The quantitative estimate of drug-likeness (QED) is 0.0382. The number of hydrogen-bond acceptors (Lipinski definition) is 36. The van der Waals surface area contributed by atoms with Gasteiger partial charge in [0.1, 0.15) is 171 Å². The molecule has 6 heterocycles. The first-order valence-corrected chi connectivity index (χ1v) is 27.5. The van der Waals surface area contributed by atoms with E-state index in [1.807, 2.05) is 0 Å². The van der Waals surface area contributed by atoms with Crippen LogP contribution in [-0.4, -0.2) is 386 Å². The lowest BCUT2D eigenvalue weighted by Gasteiger charge is -2.52. The van der Waals surface area contributed by atoms with Crippen molar-refractivity contribution in [2.24, 2.45) is 0 Å². The summed E-state index contributed by atoms with van der Waals surface area (Å²) in [6.45, 7) is -5.91. The van der Waals surface area contributed by atoms with Crippen LogP contribution in [0.3, 0.4) is 0 Å². The minimum atomic E-state index is -2.45. The van der Waals surface area contributed by atoms with Crippen LogP contribution >= 0.6 is 0 Å². The van der Waals surface area contributed by atoms with Crippen molar-refractivity contribution >= 4 is 17.7 Å². The second kappa shape index (κ2) is 32.6. The van der Waals surface area contributed by atoms with Crippen molar-refractivity contribution in [3.63, 3.8) is 0 Å². The van der Waals surface area contributed by atoms with E-state index in [0.29, 0.717) is 0 Å². The molecular weight excluding hydrogens is 1190 g/mol. The highest BCUT2D eigenvalue weighted by atomic mass is 16.8. The predicted molar refractivity (Wildman–Crippen MR) is 269 cm³/mol. The van der Waals surface area contributed by atoms with E-state index in [1.54, 1.807) is 0 Å². The molecule has 6 aliphatic heterocycles. The van der Waals surface area contributed by atoms with Crippen molar-refractivity contribution < 1.29 is 178 Å². The van der Waals surface area contributed by atoms with Crippen LogP contribution < -0.4 is 16.0 Å². The Morgan fingerprint density at radius 3 is 0.977 bits per heavy atom. The molecule has 6 aliphatic rings. The van der Waals surface area contributed by atoms with Gasteiger partial charge in [0.25, 0.3) is 0 Å². The van der Waals surface area contributed by atoms with E-state index < -0.39 is 279 Å². The van der Waals surface area contributed by atoms with E-state index in [2.05, 4.69) is 16.0 Å². The first kappa shape index (κ1) is 73.1. The average Bonchev–Trinajstić information content (AvgIpc) is 1.07. The Balaban J connectivity index is 1.43. The summed E-state index contributed by atoms with van der Waals surface area (Å²) < 4.78 is 71.1. The summed E-state index contributed by atoms with van der Waals surface area (Å²) in [5.41, 5.74) is 0. The third-order valence-corrected chi connectivity index (χ3v) is 15.4. The van der Waals surface area contributed by atoms with Crippen molar-refractivity contribution in [1.29, 1.82) is 0 Å². The molecule has 0 aliphatic carbocycles. The van der Waals surface area contributed by atoms with Crippen LogP contribution in [0.15, 0.2) is 0 Å². The lowest BCUT2D eigenvalue weighted by Crippen LogP contribution is -2.70. The van der Waals surface area contributed by atoms with Gasteiger partial charge in [0, 0.05) is 20.8 Å². The van der Waals surface area contributed by atoms with Gasteiger partial charge in [-0.1, -0.05) is 0 Å². The van der Waals surface area contributed by atoms with Crippen molar-refractivity contribution in [3.05, 3.63) is 0 Å². The molecule has 0 radical (unpaired) electrons. The number of aliphatic hydroxyl groups excluding tert-OH is 21. The molecule has 6 fully saturated rings. The molecule has 87 heavy (non-hydrogen) atoms. The SMILES string of the molecule is CC(=O)N[C@H]1[C@@H](O[C@H]2[C@H](O)[C@@H](O)[C@@H](O[C@H]3[C@@H](O[C@H]4[C@@H](O[C@@H](CO)[C@@H](O)[C@@H](O)[C@H](O)CO)O[C@H](CO)[C@@H](O[C@H]5O[C@H](CO)[C@@H](O)[C@H](O)[C@H]5NC(C)=O)[C@@H]4O)O[C@H](CO)[C@@H](O[C@H]4O[C@H](CO)[C@@H](O)[C@H](O)[C@H]4NC(C)=O)[C@@H]3O)O[C@@H]2CO)O[C@H](CO)[C@@H](O)[C@@H]1O. The van der Waals surface area contributed by atoms with E-state index in [-0.39, 0.29) is 0 Å². The molecule has 0 aromatic heterocycles. The Morgan fingerprint density at radius 2 is 0.644 bits per heavy atom. The number of carbonyl (C=O) groups excluding carboxylic acids is 3. The normalized spacial score (nSPS) is 45.1. The minimum absolute atomic E-state index is 0.800. The van der Waals surface area contributed by atoms with E-state index in [1.165, 1.54) is 0 Å². The van der Waals surface area contributed by atoms with Crippen LogP contribution in [0.2, 0.25) is 0 Å². The summed E-state index contributed by atoms with van der Waals surface area (Å²) in [6.07, 6.45) is -64.6. The summed E-state index contributed by atoms with van der Waals surface area (Å²) >= 11 is 0. The summed E-state index contributed by atoms with van der Waals surface area (Å²) in [6, 6.07) is -5.14. The van der Waals surface area contributed by atoms with Gasteiger partial charge >= 0.3 is 0 Å². The zero-order chi connectivity index (χ0) is 64.6. The fraction of sp³-hybridized carbons (Fsp3) is 0.938. The number of rotatable bonds is 26. The molecule has 0 saturated carbocycles. The molecule has 6 saturated heterocycles. The Hall–Kier alpha value is -2.91. The van der Waals surface area contributed by atoms with E-state index >= 15 is 0 Å². The molecule has 39 heteroatoms. The molecule has 0 bridgehead atoms. The number of nitrogens with one attached hydrogen (secondary N) is 3. The molecular formula is C48H83N3O36. The standard InChI is InChI=1S/C48H83N3O36/c1-12(60)49-23-31(69)28(66)17(6-54)76-43(23)83-38-20(9-57)80-46(35(73)34(38)72)86-42-37(75)40(85-45-25(51-14(3)62)33(71)30(68)19(8-56)78-45)22(11-59)82-48(42)87-41-36(74)39(84-44-24(50-13(2)61)32(70)29(67)18(7-55)77-44)21(10-58)81-47(41)79-16(5-53)27(65)26(64)15(63)4-52/h15-48,52-59,63-75H,4-11H2,1-3H3,(H,49,60)(H,50,61)(H,51,62)/t15-,16+,17-,18-,19-,20-,21-,22-,23-,24-,25-,26+,27-,28-,29-,30-,31-,32-,33-,34-,35-,36+,37+,38-,39-,40-,41-,42-,43-,44-,45-,46-,47+,48-/m1/s1. The second-order valence-corrected chi connectivity index (χ2v) is 21.5. The zero-order valence-corrected chi connectivity index (χ0v) is 46.8. The Morgan fingerprint density at radius 1 is 0.345 bits per heavy atom. The molecule has 0 spiro atoms. The minimum Gasteiger partial charge on any atom is -0.394 e. The second-order valence-electron chi connectivity index (χ2n) is 21.5. The van der Waals surface area contributed by atoms with E-state index in [9.17, 15) is 122 Å². The van der Waals surface area contributed by atoms with E-state index in [0.717, 1.165) is 20.8 Å². The van der Waals surface area contributed by atoms with Gasteiger partial charge in [-0.2, -0.15) is 0 Å². The Kier molecular flexibility index (Phi) is 27.4. The van der Waals surface area contributed by atoms with Gasteiger partial charge in [0.15, 0.2) is 37.7 Å². The molecule has 0 aromatic rings. The molecule has 6 rings (SSSR count). The van der Waals surface area contributed by atoms with Crippen molar-refractivity contribution in [2.75, 3.05) is 52.9 Å². The molecule has 24 N–H and O–H groups in total. The first-order valence-electron chi connectivity index (χ1n) is 27.5. The van der Waals surface area contributed by atoms with Crippen LogP contribution in [0.1, 0.15) is 20.8 Å². The number of ether oxygens (including phenoxy) is 12. The van der Waals surface area contributed by atoms with Crippen molar-refractivity contribution in [3.8, 4) is 0 Å². The highest BCUT2D eigenvalue weighted by Gasteiger charge is 2.59. The van der Waals surface area contributed by atoms with Gasteiger partial charge in [0.2, 0.25) is 17.7 Å². The first-order chi connectivity index (χ1) is 41.1. The number of carbonyl (C=O) groups is 3. The summed E-state index contributed by atoms with van der Waals surface area (Å²) in [7, 11) is 0. The summed E-state index contributed by atoms with van der Waals surface area (Å²) in [5, 5.41) is 235. The maximum Gasteiger partial charge on any atom is 0.217 e. The smallest absolute Gasteiger partial charge is 0.217 e. The van der Waals surface area contributed by atoms with Gasteiger partial charge in [0.05, 0.1) is 52.9 Å². The molecule has 0 unspecified atom stereocenters. The molecule has 34 atom stereocenters. The summed E-state index contributed by atoms with van der Waals surface area (Å²) in [5.74, 6) is -2.49. The van der Waals surface area contributed by atoms with Crippen LogP contribution in [0.25, 0.3) is 0 Å². The largest absolute Gasteiger partial charge is 0.394 e. The topological polar surface area (TPSA) is 623 Å². The number of amides is 3. The Bertz CT molecular complexity index is 2140. The number of aliphatic hydroxyl groups is 21. The molecule has 506 valence electrons. The molecule has 39 nitrogen and oxygen atoms in total. The summed E-state index contributed by atoms with van der Waals surface area (Å²) in [4.78, 5) is 37.0. The highest BCUT2D eigenvalue weighted by molar-refractivity contribution is 5.74. The van der Waals surface area contributed by atoms with E-state index in [4.69, 9.17) is 56.8 Å². The van der Waals surface area contributed by atoms with Gasteiger partial charge in [-0.05, 0) is 0 Å². The average molecular weight is 1280 g/mol. The monoisotopic (exact) mass is 1280 g/mol. The van der Waals surface area contributed by atoms with Gasteiger partial charge in [-0.15, -0.1) is 0 Å². The predicted octanol–water partition coefficient (Wildman–Crippen LogP) is -16.2. The molecule has 3 amide bonds. The maximum atomic E-state index is 12.6. The van der Waals surface area contributed by atoms with Crippen LogP contribution in [0.5, 0.6) is 0 Å². The third-order valence-electron chi connectivity index (χ3n) is 15.4. The van der Waals surface area contributed by atoms with Crippen LogP contribution in [0, 0.1) is 0 Å². The van der Waals surface area contributed by atoms with Gasteiger partial charge in [-0.25, -0.2) is 0 Å². The maximum absolute atomic E-state index is 12.6. The zero-order valence-electron chi connectivity index (χ0n) is 46.8.